The van der Waals surface area contributed by atoms with E-state index < -0.39 is 0 Å². The average molecular weight is 291 g/mol. The zero-order chi connectivity index (χ0) is 15.2. The Balaban J connectivity index is 1.93. The third-order valence-electron chi connectivity index (χ3n) is 3.33. The summed E-state index contributed by atoms with van der Waals surface area (Å²) in [4.78, 5) is 34.8. The molecule has 1 aromatic rings. The van der Waals surface area contributed by atoms with E-state index in [9.17, 15) is 9.59 Å². The third-order valence-corrected chi connectivity index (χ3v) is 3.33. The molecule has 0 aliphatic carbocycles. The van der Waals surface area contributed by atoms with Crippen LogP contribution in [0.15, 0.2) is 12.4 Å². The molecule has 0 bridgehead atoms. The minimum Gasteiger partial charge on any atom is -0.352 e. The fourth-order valence-corrected chi connectivity index (χ4v) is 2.05. The maximum absolute atomic E-state index is 11.8. The Kier molecular flexibility index (Phi) is 5.08. The Morgan fingerprint density at radius 2 is 2.00 bits per heavy atom. The van der Waals surface area contributed by atoms with E-state index in [1.54, 1.807) is 11.1 Å². The van der Waals surface area contributed by atoms with Gasteiger partial charge in [0.2, 0.25) is 6.41 Å². The molecule has 0 unspecified atom stereocenters. The Hall–Kier alpha value is -2.18. The molecule has 2 heterocycles. The predicted molar refractivity (Wildman–Crippen MR) is 79.1 cm³/mol. The van der Waals surface area contributed by atoms with Crippen LogP contribution in [0.2, 0.25) is 0 Å². The lowest BCUT2D eigenvalue weighted by atomic mass is 10.2. The summed E-state index contributed by atoms with van der Waals surface area (Å²) in [6.07, 6.45) is 3.98. The van der Waals surface area contributed by atoms with Crippen molar-refractivity contribution in [2.24, 2.45) is 5.92 Å². The van der Waals surface area contributed by atoms with Crippen molar-refractivity contribution in [3.63, 3.8) is 0 Å². The summed E-state index contributed by atoms with van der Waals surface area (Å²) in [5, 5.41) is 2.81. The first-order chi connectivity index (χ1) is 10.1. The number of carbonyl (C=O) groups is 2. The van der Waals surface area contributed by atoms with Gasteiger partial charge in [-0.25, -0.2) is 9.97 Å². The van der Waals surface area contributed by atoms with Crippen molar-refractivity contribution in [2.75, 3.05) is 37.6 Å². The number of aromatic nitrogens is 2. The topological polar surface area (TPSA) is 78.4 Å². The average Bonchev–Trinajstić information content (AvgIpc) is 2.53. The highest BCUT2D eigenvalue weighted by Crippen LogP contribution is 2.11. The third kappa shape index (κ3) is 4.14. The van der Waals surface area contributed by atoms with E-state index >= 15 is 0 Å². The van der Waals surface area contributed by atoms with E-state index in [0.717, 1.165) is 25.3 Å². The van der Waals surface area contributed by atoms with Gasteiger partial charge < -0.3 is 15.1 Å². The second kappa shape index (κ2) is 7.01. The summed E-state index contributed by atoms with van der Waals surface area (Å²) in [6.45, 7) is 7.51. The molecular weight excluding hydrogens is 270 g/mol. The normalized spacial score (nSPS) is 15.2. The van der Waals surface area contributed by atoms with Crippen LogP contribution >= 0.6 is 0 Å². The molecule has 1 fully saturated rings. The van der Waals surface area contributed by atoms with E-state index in [2.05, 4.69) is 20.2 Å². The fraction of sp³-hybridized carbons (Fsp3) is 0.571. The van der Waals surface area contributed by atoms with Crippen LogP contribution in [0.4, 0.5) is 5.82 Å². The summed E-state index contributed by atoms with van der Waals surface area (Å²) in [5.74, 6) is 0.935. The number of nitrogens with one attached hydrogen (secondary N) is 1. The molecule has 21 heavy (non-hydrogen) atoms. The SMILES string of the molecule is CC(C)CNC(=O)c1cnc(N2CCN(C=O)CC2)cn1. The number of amides is 2. The molecule has 7 nitrogen and oxygen atoms in total. The second-order valence-corrected chi connectivity index (χ2v) is 5.49. The van der Waals surface area contributed by atoms with Gasteiger partial charge in [-0.05, 0) is 5.92 Å². The standard InChI is InChI=1S/C14H21N5O2/c1-11(2)7-17-14(21)12-8-16-13(9-15-12)19-5-3-18(10-20)4-6-19/h8-11H,3-7H2,1-2H3,(H,17,21). The van der Waals surface area contributed by atoms with Gasteiger partial charge in [-0.1, -0.05) is 13.8 Å². The van der Waals surface area contributed by atoms with Gasteiger partial charge in [0.1, 0.15) is 11.5 Å². The van der Waals surface area contributed by atoms with E-state index in [1.165, 1.54) is 6.20 Å². The van der Waals surface area contributed by atoms with Crippen molar-refractivity contribution in [3.8, 4) is 0 Å². The number of piperazine rings is 1. The first kappa shape index (κ1) is 15.2. The highest BCUT2D eigenvalue weighted by atomic mass is 16.2. The molecule has 2 amide bonds. The van der Waals surface area contributed by atoms with Gasteiger partial charge in [0.05, 0.1) is 12.4 Å². The minimum atomic E-state index is -0.200. The highest BCUT2D eigenvalue weighted by molar-refractivity contribution is 5.92. The molecule has 2 rings (SSSR count). The van der Waals surface area contributed by atoms with Crippen molar-refractivity contribution < 1.29 is 9.59 Å². The largest absolute Gasteiger partial charge is 0.352 e. The summed E-state index contributed by atoms with van der Waals surface area (Å²) < 4.78 is 0. The molecule has 114 valence electrons. The number of anilines is 1. The van der Waals surface area contributed by atoms with Crippen molar-refractivity contribution in [2.45, 2.75) is 13.8 Å². The van der Waals surface area contributed by atoms with Gasteiger partial charge in [0, 0.05) is 32.7 Å². The quantitative estimate of drug-likeness (QED) is 0.781. The Bertz CT molecular complexity index is 481. The molecule has 0 atom stereocenters. The predicted octanol–water partition coefficient (Wildman–Crippen LogP) is 0.141. The molecule has 1 aromatic heterocycles. The molecule has 7 heteroatoms. The maximum Gasteiger partial charge on any atom is 0.271 e. The summed E-state index contributed by atoms with van der Waals surface area (Å²) in [7, 11) is 0. The van der Waals surface area contributed by atoms with Crippen LogP contribution < -0.4 is 10.2 Å². The van der Waals surface area contributed by atoms with E-state index in [1.807, 2.05) is 13.8 Å². The van der Waals surface area contributed by atoms with Crippen LogP contribution in [0.25, 0.3) is 0 Å². The molecule has 0 aromatic carbocycles. The smallest absolute Gasteiger partial charge is 0.271 e. The Labute approximate surface area is 124 Å². The van der Waals surface area contributed by atoms with E-state index in [4.69, 9.17) is 0 Å². The first-order valence-electron chi connectivity index (χ1n) is 7.14. The highest BCUT2D eigenvalue weighted by Gasteiger charge is 2.17. The van der Waals surface area contributed by atoms with Crippen molar-refractivity contribution in [1.29, 1.82) is 0 Å². The van der Waals surface area contributed by atoms with Gasteiger partial charge in [0.15, 0.2) is 0 Å². The molecular formula is C14H21N5O2. The van der Waals surface area contributed by atoms with E-state index in [-0.39, 0.29) is 5.91 Å². The monoisotopic (exact) mass is 291 g/mol. The Morgan fingerprint density at radius 1 is 1.29 bits per heavy atom. The molecule has 1 aliphatic rings. The number of rotatable bonds is 5. The van der Waals surface area contributed by atoms with Crippen LogP contribution in [0, 0.1) is 5.92 Å². The number of nitrogens with zero attached hydrogens (tertiary/aromatic N) is 4. The lowest BCUT2D eigenvalue weighted by molar-refractivity contribution is -0.118. The molecule has 0 spiro atoms. The second-order valence-electron chi connectivity index (χ2n) is 5.49. The lowest BCUT2D eigenvalue weighted by Crippen LogP contribution is -2.46. The number of hydrogen-bond donors (Lipinski definition) is 1. The molecule has 1 saturated heterocycles. The summed E-state index contributed by atoms with van der Waals surface area (Å²) >= 11 is 0. The van der Waals surface area contributed by atoms with Gasteiger partial charge in [-0.15, -0.1) is 0 Å². The summed E-state index contributed by atoms with van der Waals surface area (Å²) in [5.41, 5.74) is 0.325. The van der Waals surface area contributed by atoms with Crippen LogP contribution in [0.1, 0.15) is 24.3 Å². The van der Waals surface area contributed by atoms with Crippen LogP contribution in [-0.2, 0) is 4.79 Å². The van der Waals surface area contributed by atoms with Gasteiger partial charge in [-0.3, -0.25) is 9.59 Å². The first-order valence-corrected chi connectivity index (χ1v) is 7.14. The van der Waals surface area contributed by atoms with Crippen LogP contribution in [-0.4, -0.2) is 59.9 Å². The lowest BCUT2D eigenvalue weighted by Gasteiger charge is -2.33. The maximum atomic E-state index is 11.8. The van der Waals surface area contributed by atoms with Gasteiger partial charge >= 0.3 is 0 Å². The van der Waals surface area contributed by atoms with Crippen LogP contribution in [0.5, 0.6) is 0 Å². The molecule has 0 saturated carbocycles. The van der Waals surface area contributed by atoms with Crippen molar-refractivity contribution >= 4 is 18.1 Å². The van der Waals surface area contributed by atoms with E-state index in [0.29, 0.717) is 31.2 Å². The summed E-state index contributed by atoms with van der Waals surface area (Å²) in [6, 6.07) is 0. The minimum absolute atomic E-state index is 0.200. The number of carbonyl (C=O) groups excluding carboxylic acids is 2. The molecule has 1 N–H and O–H groups in total. The zero-order valence-corrected chi connectivity index (χ0v) is 12.5. The number of hydrogen-bond acceptors (Lipinski definition) is 5. The fourth-order valence-electron chi connectivity index (χ4n) is 2.05. The van der Waals surface area contributed by atoms with Crippen LogP contribution in [0.3, 0.4) is 0 Å². The van der Waals surface area contributed by atoms with Crippen molar-refractivity contribution in [3.05, 3.63) is 18.1 Å². The molecule has 0 radical (unpaired) electrons. The van der Waals surface area contributed by atoms with Gasteiger partial charge in [0.25, 0.3) is 5.91 Å². The zero-order valence-electron chi connectivity index (χ0n) is 12.5. The van der Waals surface area contributed by atoms with Gasteiger partial charge in [-0.2, -0.15) is 0 Å². The molecule has 1 aliphatic heterocycles. The van der Waals surface area contributed by atoms with Crippen molar-refractivity contribution in [1.82, 2.24) is 20.2 Å². The Morgan fingerprint density at radius 3 is 2.52 bits per heavy atom.